The van der Waals surface area contributed by atoms with Crippen LogP contribution in [0, 0.1) is 0 Å². The summed E-state index contributed by atoms with van der Waals surface area (Å²) in [6, 6.07) is 9.64. The summed E-state index contributed by atoms with van der Waals surface area (Å²) in [7, 11) is 0. The molecule has 0 aromatic heterocycles. The molecule has 3 nitrogen and oxygen atoms in total. The molecule has 17 heavy (non-hydrogen) atoms. The third-order valence-corrected chi connectivity index (χ3v) is 2.44. The molecule has 0 spiro atoms. The van der Waals surface area contributed by atoms with Crippen LogP contribution >= 0.6 is 0 Å². The molecule has 0 aliphatic rings. The van der Waals surface area contributed by atoms with Gasteiger partial charge < -0.3 is 4.74 Å². The lowest BCUT2D eigenvalue weighted by atomic mass is 10.0. The molecule has 1 aromatic carbocycles. The highest BCUT2D eigenvalue weighted by atomic mass is 16.5. The molecule has 0 aliphatic heterocycles. The van der Waals surface area contributed by atoms with E-state index < -0.39 is 0 Å². The van der Waals surface area contributed by atoms with Gasteiger partial charge in [0.25, 0.3) is 0 Å². The van der Waals surface area contributed by atoms with Crippen molar-refractivity contribution in [2.75, 3.05) is 0 Å². The molecule has 92 valence electrons. The molecule has 0 amide bonds. The summed E-state index contributed by atoms with van der Waals surface area (Å²) < 4.78 is 4.96. The van der Waals surface area contributed by atoms with Crippen LogP contribution in [-0.4, -0.2) is 17.9 Å². The molecule has 0 N–H and O–H groups in total. The Morgan fingerprint density at radius 1 is 1.24 bits per heavy atom. The number of rotatable bonds is 6. The molecule has 1 atom stereocenters. The molecule has 0 aliphatic carbocycles. The maximum absolute atomic E-state index is 11.7. The largest absolute Gasteiger partial charge is 0.463 e. The second kappa shape index (κ2) is 6.84. The van der Waals surface area contributed by atoms with Crippen LogP contribution in [-0.2, 0) is 20.7 Å². The minimum absolute atomic E-state index is 0.176. The quantitative estimate of drug-likeness (QED) is 0.710. The van der Waals surface area contributed by atoms with Crippen LogP contribution in [0.3, 0.4) is 0 Å². The second-order valence-electron chi connectivity index (χ2n) is 4.16. The molecule has 1 rings (SSSR count). The van der Waals surface area contributed by atoms with E-state index in [-0.39, 0.29) is 17.9 Å². The van der Waals surface area contributed by atoms with Gasteiger partial charge in [-0.25, -0.2) is 0 Å². The minimum Gasteiger partial charge on any atom is -0.463 e. The number of hydrogen-bond acceptors (Lipinski definition) is 3. The van der Waals surface area contributed by atoms with Crippen molar-refractivity contribution in [1.29, 1.82) is 0 Å². The smallest absolute Gasteiger partial charge is 0.302 e. The molecular weight excluding hydrogens is 216 g/mol. The van der Waals surface area contributed by atoms with E-state index >= 15 is 0 Å². The standard InChI is InChI=1S/C14H18O3/c1-11(17-12(2)15)8-9-14(16)10-13-6-4-3-5-7-13/h3-7,11H,8-10H2,1-2H3/t11-/m0/s1. The Morgan fingerprint density at radius 2 is 1.88 bits per heavy atom. The van der Waals surface area contributed by atoms with Crippen LogP contribution in [0.15, 0.2) is 30.3 Å². The maximum atomic E-state index is 11.7. The Labute approximate surface area is 102 Å². The van der Waals surface area contributed by atoms with Crippen LogP contribution in [0.2, 0.25) is 0 Å². The highest BCUT2D eigenvalue weighted by molar-refractivity contribution is 5.80. The summed E-state index contributed by atoms with van der Waals surface area (Å²) >= 11 is 0. The van der Waals surface area contributed by atoms with Gasteiger partial charge in [-0.15, -0.1) is 0 Å². The molecule has 1 aromatic rings. The van der Waals surface area contributed by atoms with Crippen molar-refractivity contribution < 1.29 is 14.3 Å². The molecule has 0 radical (unpaired) electrons. The SMILES string of the molecule is CC(=O)O[C@@H](C)CCC(=O)Cc1ccccc1. The van der Waals surface area contributed by atoms with Crippen LogP contribution < -0.4 is 0 Å². The van der Waals surface area contributed by atoms with Gasteiger partial charge in [-0.2, -0.15) is 0 Å². The fraction of sp³-hybridized carbons (Fsp3) is 0.429. The third kappa shape index (κ3) is 5.85. The lowest BCUT2D eigenvalue weighted by Crippen LogP contribution is -2.14. The van der Waals surface area contributed by atoms with Crippen molar-refractivity contribution in [3.8, 4) is 0 Å². The summed E-state index contributed by atoms with van der Waals surface area (Å²) in [4.78, 5) is 22.3. The van der Waals surface area contributed by atoms with Crippen molar-refractivity contribution in [3.63, 3.8) is 0 Å². The first-order valence-electron chi connectivity index (χ1n) is 5.81. The van der Waals surface area contributed by atoms with Crippen LogP contribution in [0.1, 0.15) is 32.3 Å². The average Bonchev–Trinajstić information content (AvgIpc) is 2.27. The number of carbonyl (C=O) groups excluding carboxylic acids is 2. The lowest BCUT2D eigenvalue weighted by molar-refractivity contribution is -0.146. The van der Waals surface area contributed by atoms with Gasteiger partial charge in [0.1, 0.15) is 5.78 Å². The molecule has 0 heterocycles. The number of esters is 1. The molecule has 0 bridgehead atoms. The van der Waals surface area contributed by atoms with Crippen molar-refractivity contribution >= 4 is 11.8 Å². The zero-order valence-corrected chi connectivity index (χ0v) is 10.3. The van der Waals surface area contributed by atoms with E-state index in [0.29, 0.717) is 19.3 Å². The first-order valence-corrected chi connectivity index (χ1v) is 5.81. The molecule has 0 fully saturated rings. The van der Waals surface area contributed by atoms with Gasteiger partial charge in [-0.05, 0) is 18.9 Å². The van der Waals surface area contributed by atoms with Gasteiger partial charge in [0, 0.05) is 19.8 Å². The Balaban J connectivity index is 2.28. The summed E-state index contributed by atoms with van der Waals surface area (Å²) in [5.74, 6) is -0.122. The first-order chi connectivity index (χ1) is 8.08. The van der Waals surface area contributed by atoms with Gasteiger partial charge >= 0.3 is 5.97 Å². The summed E-state index contributed by atoms with van der Waals surface area (Å²) in [6.07, 6.45) is 1.30. The lowest BCUT2D eigenvalue weighted by Gasteiger charge is -2.10. The zero-order chi connectivity index (χ0) is 12.7. The van der Waals surface area contributed by atoms with Crippen LogP contribution in [0.5, 0.6) is 0 Å². The number of benzene rings is 1. The van der Waals surface area contributed by atoms with E-state index in [4.69, 9.17) is 4.74 Å². The first kappa shape index (κ1) is 13.4. The van der Waals surface area contributed by atoms with Gasteiger partial charge in [0.05, 0.1) is 6.10 Å². The number of ketones is 1. The van der Waals surface area contributed by atoms with E-state index in [1.165, 1.54) is 6.92 Å². The summed E-state index contributed by atoms with van der Waals surface area (Å²) in [6.45, 7) is 3.18. The Morgan fingerprint density at radius 3 is 2.47 bits per heavy atom. The zero-order valence-electron chi connectivity index (χ0n) is 10.3. The average molecular weight is 234 g/mol. The Kier molecular flexibility index (Phi) is 5.40. The van der Waals surface area contributed by atoms with E-state index in [9.17, 15) is 9.59 Å². The predicted molar refractivity (Wildman–Crippen MR) is 65.6 cm³/mol. The maximum Gasteiger partial charge on any atom is 0.302 e. The van der Waals surface area contributed by atoms with E-state index in [2.05, 4.69) is 0 Å². The van der Waals surface area contributed by atoms with Crippen molar-refractivity contribution in [3.05, 3.63) is 35.9 Å². The fourth-order valence-electron chi connectivity index (χ4n) is 1.62. The number of ether oxygens (including phenoxy) is 1. The number of hydrogen-bond donors (Lipinski definition) is 0. The van der Waals surface area contributed by atoms with E-state index in [1.54, 1.807) is 6.92 Å². The van der Waals surface area contributed by atoms with Crippen LogP contribution in [0.4, 0.5) is 0 Å². The van der Waals surface area contributed by atoms with Crippen molar-refractivity contribution in [2.45, 2.75) is 39.2 Å². The summed E-state index contributed by atoms with van der Waals surface area (Å²) in [5.41, 5.74) is 1.03. The Bertz CT molecular complexity index is 370. The minimum atomic E-state index is -0.298. The molecule has 0 saturated heterocycles. The molecular formula is C14H18O3. The van der Waals surface area contributed by atoms with Crippen molar-refractivity contribution in [2.24, 2.45) is 0 Å². The number of Topliss-reactive ketones (excluding diaryl/α,β-unsaturated/α-hetero) is 1. The van der Waals surface area contributed by atoms with Gasteiger partial charge in [0.2, 0.25) is 0 Å². The van der Waals surface area contributed by atoms with Gasteiger partial charge in [-0.1, -0.05) is 30.3 Å². The third-order valence-electron chi connectivity index (χ3n) is 2.44. The van der Waals surface area contributed by atoms with Crippen LogP contribution in [0.25, 0.3) is 0 Å². The second-order valence-corrected chi connectivity index (χ2v) is 4.16. The van der Waals surface area contributed by atoms with E-state index in [0.717, 1.165) is 5.56 Å². The normalized spacial score (nSPS) is 11.9. The highest BCUT2D eigenvalue weighted by Gasteiger charge is 2.09. The predicted octanol–water partition coefficient (Wildman–Crippen LogP) is 2.53. The molecule has 0 unspecified atom stereocenters. The molecule has 3 heteroatoms. The number of carbonyl (C=O) groups is 2. The van der Waals surface area contributed by atoms with E-state index in [1.807, 2.05) is 30.3 Å². The topological polar surface area (TPSA) is 43.4 Å². The Hall–Kier alpha value is -1.64. The molecule has 0 saturated carbocycles. The highest BCUT2D eigenvalue weighted by Crippen LogP contribution is 2.07. The monoisotopic (exact) mass is 234 g/mol. The van der Waals surface area contributed by atoms with Gasteiger partial charge in [-0.3, -0.25) is 9.59 Å². The summed E-state index contributed by atoms with van der Waals surface area (Å²) in [5, 5.41) is 0. The van der Waals surface area contributed by atoms with Crippen molar-refractivity contribution in [1.82, 2.24) is 0 Å². The fourth-order valence-corrected chi connectivity index (χ4v) is 1.62. The van der Waals surface area contributed by atoms with Gasteiger partial charge in [0.15, 0.2) is 0 Å².